The van der Waals surface area contributed by atoms with Gasteiger partial charge in [0.1, 0.15) is 0 Å². The van der Waals surface area contributed by atoms with Crippen LogP contribution in [0.2, 0.25) is 0 Å². The molecule has 0 N–H and O–H groups in total. The number of aryl methyl sites for hydroxylation is 1. The van der Waals surface area contributed by atoms with Crippen LogP contribution in [-0.2, 0) is 12.0 Å². The van der Waals surface area contributed by atoms with Gasteiger partial charge < -0.3 is 0 Å². The van der Waals surface area contributed by atoms with Gasteiger partial charge in [-0.15, -0.1) is 0 Å². The van der Waals surface area contributed by atoms with E-state index in [0.717, 1.165) is 35.2 Å². The Morgan fingerprint density at radius 3 is 2.14 bits per heavy atom. The van der Waals surface area contributed by atoms with E-state index >= 15 is 0 Å². The molecule has 50 heavy (non-hydrogen) atoms. The summed E-state index contributed by atoms with van der Waals surface area (Å²) >= 11 is 0. The third-order valence-corrected chi connectivity index (χ3v) is 9.93. The molecule has 4 nitrogen and oxygen atoms in total. The topological polar surface area (TPSA) is 49.4 Å². The highest BCUT2D eigenvalue weighted by Gasteiger charge is 2.29. The number of nitrogens with zero attached hydrogens (tertiary/aromatic N) is 4. The summed E-state index contributed by atoms with van der Waals surface area (Å²) in [7, 11) is 0. The van der Waals surface area contributed by atoms with E-state index in [1.807, 2.05) is 48.5 Å². The van der Waals surface area contributed by atoms with E-state index in [1.54, 1.807) is 0 Å². The van der Waals surface area contributed by atoms with Crippen molar-refractivity contribution >= 4 is 29.7 Å². The average molecular weight is 651 g/mol. The molecular weight excluding hydrogens is 609 g/mol. The molecule has 0 amide bonds. The highest BCUT2D eigenvalue weighted by atomic mass is 15.0. The Labute approximate surface area is 296 Å². The molecule has 2 aliphatic heterocycles. The van der Waals surface area contributed by atoms with Crippen molar-refractivity contribution in [3.05, 3.63) is 196 Å². The van der Waals surface area contributed by atoms with Crippen molar-refractivity contribution in [1.82, 2.24) is 0 Å². The normalized spacial score (nSPS) is 23.0. The van der Waals surface area contributed by atoms with Crippen molar-refractivity contribution in [2.24, 2.45) is 20.0 Å². The van der Waals surface area contributed by atoms with Gasteiger partial charge in [-0.3, -0.25) is 9.98 Å². The Morgan fingerprint density at radius 1 is 0.780 bits per heavy atom. The van der Waals surface area contributed by atoms with Crippen molar-refractivity contribution < 1.29 is 0 Å². The lowest BCUT2D eigenvalue weighted by Crippen LogP contribution is -2.23. The van der Waals surface area contributed by atoms with Crippen LogP contribution in [0.15, 0.2) is 182 Å². The monoisotopic (exact) mass is 650 g/mol. The van der Waals surface area contributed by atoms with Crippen LogP contribution < -0.4 is 0 Å². The van der Waals surface area contributed by atoms with Crippen LogP contribution in [0, 0.1) is 6.92 Å². The smallest absolute Gasteiger partial charge is 0.161 e. The third-order valence-electron chi connectivity index (χ3n) is 9.93. The lowest BCUT2D eigenvalue weighted by molar-refractivity contribution is 0.598. The highest BCUT2D eigenvalue weighted by Crippen LogP contribution is 2.39. The van der Waals surface area contributed by atoms with Crippen LogP contribution in [0.25, 0.3) is 5.57 Å². The predicted molar refractivity (Wildman–Crippen MR) is 212 cm³/mol. The summed E-state index contributed by atoms with van der Waals surface area (Å²) in [6, 6.07) is 37.7. The molecule has 0 fully saturated rings. The molecule has 4 aliphatic rings. The number of amidine groups is 2. The predicted octanol–water partition coefficient (Wildman–Crippen LogP) is 10.4. The second-order valence-electron chi connectivity index (χ2n) is 13.4. The summed E-state index contributed by atoms with van der Waals surface area (Å²) in [6.45, 7) is 11.1. The average Bonchev–Trinajstić information content (AvgIpc) is 3.16. The van der Waals surface area contributed by atoms with E-state index in [4.69, 9.17) is 15.0 Å². The molecule has 2 bridgehead atoms. The Hall–Kier alpha value is -5.74. The second-order valence-corrected chi connectivity index (χ2v) is 13.4. The molecule has 0 aromatic heterocycles. The van der Waals surface area contributed by atoms with E-state index < -0.39 is 0 Å². The lowest BCUT2D eigenvalue weighted by atomic mass is 9.74. The maximum atomic E-state index is 5.38. The summed E-state index contributed by atoms with van der Waals surface area (Å²) < 4.78 is 0. The molecule has 246 valence electrons. The maximum absolute atomic E-state index is 5.38. The van der Waals surface area contributed by atoms with Gasteiger partial charge in [0.2, 0.25) is 0 Å². The Balaban J connectivity index is 1.19. The molecule has 2 unspecified atom stereocenters. The minimum absolute atomic E-state index is 0.148. The van der Waals surface area contributed by atoms with Crippen molar-refractivity contribution in [3.63, 3.8) is 0 Å². The number of hydrogen-bond acceptors (Lipinski definition) is 2. The van der Waals surface area contributed by atoms with Crippen molar-refractivity contribution in [2.75, 3.05) is 0 Å². The van der Waals surface area contributed by atoms with Gasteiger partial charge in [-0.25, -0.2) is 9.98 Å². The van der Waals surface area contributed by atoms with Gasteiger partial charge in [-0.1, -0.05) is 153 Å². The number of benzene rings is 4. The molecule has 4 aromatic carbocycles. The quantitative estimate of drug-likeness (QED) is 0.141. The molecule has 0 radical (unpaired) electrons. The van der Waals surface area contributed by atoms with E-state index in [2.05, 4.69) is 130 Å². The summed E-state index contributed by atoms with van der Waals surface area (Å²) in [4.78, 5) is 19.5. The first-order chi connectivity index (χ1) is 24.4. The SMILES string of the molecule is C=N/C(=N\C(=N/Cc1ccccc1)c1ccc(C2(C)C=CC(C3=N/C4C=CC(=CC4)/C(C)=C\3c3ccccc3C)=CC2)cc1)c1ccccc1. The standard InChI is InChI=1S/C46H42N4/c1-32-13-11-12-18-41(32)42-33(2)35-21-25-40(26-22-35)49-43(42)36-27-29-46(3,30-28-36)39-23-19-38(20-24-39)45(48-31-34-14-7-5-8-15-34)50-44(47-4)37-16-9-6-10-17-37/h5-25,27-29,40H,4,26,30-31H2,1-3H3/b42-33-,48-45-,49-43-,50-44-. The third kappa shape index (κ3) is 6.88. The van der Waals surface area contributed by atoms with Gasteiger partial charge in [0, 0.05) is 22.1 Å². The fourth-order valence-electron chi connectivity index (χ4n) is 6.88. The number of fused-ring (bicyclic) bond motifs is 2. The summed E-state index contributed by atoms with van der Waals surface area (Å²) in [5.74, 6) is 1.18. The van der Waals surface area contributed by atoms with E-state index in [1.165, 1.54) is 39.0 Å². The van der Waals surface area contributed by atoms with Gasteiger partial charge in [0.05, 0.1) is 18.3 Å². The number of allylic oxidation sites excluding steroid dienone is 8. The molecule has 2 heterocycles. The summed E-state index contributed by atoms with van der Waals surface area (Å²) in [5.41, 5.74) is 12.6. The molecule has 4 heteroatoms. The largest absolute Gasteiger partial charge is 0.276 e. The lowest BCUT2D eigenvalue weighted by Gasteiger charge is -2.31. The van der Waals surface area contributed by atoms with Crippen molar-refractivity contribution in [3.8, 4) is 0 Å². The molecule has 2 atom stereocenters. The Kier molecular flexibility index (Phi) is 9.44. The summed E-state index contributed by atoms with van der Waals surface area (Å²) in [5, 5.41) is 0. The molecule has 2 aliphatic carbocycles. The highest BCUT2D eigenvalue weighted by molar-refractivity contribution is 6.34. The minimum atomic E-state index is -0.171. The Bertz CT molecular complexity index is 2160. The fourth-order valence-corrected chi connectivity index (χ4v) is 6.88. The van der Waals surface area contributed by atoms with Crippen molar-refractivity contribution in [2.45, 2.75) is 51.6 Å². The molecule has 0 saturated carbocycles. The van der Waals surface area contributed by atoms with Crippen LogP contribution in [-0.4, -0.2) is 30.1 Å². The molecule has 4 aromatic rings. The maximum Gasteiger partial charge on any atom is 0.161 e. The summed E-state index contributed by atoms with van der Waals surface area (Å²) in [6.07, 6.45) is 15.7. The zero-order chi connectivity index (χ0) is 34.5. The van der Waals surface area contributed by atoms with Gasteiger partial charge in [0.25, 0.3) is 0 Å². The number of rotatable bonds is 7. The van der Waals surface area contributed by atoms with Gasteiger partial charge >= 0.3 is 0 Å². The van der Waals surface area contributed by atoms with Gasteiger partial charge in [-0.2, -0.15) is 0 Å². The zero-order valence-electron chi connectivity index (χ0n) is 29.1. The van der Waals surface area contributed by atoms with Crippen LogP contribution in [0.5, 0.6) is 0 Å². The first-order valence-corrected chi connectivity index (χ1v) is 17.4. The molecule has 8 rings (SSSR count). The van der Waals surface area contributed by atoms with Gasteiger partial charge in [0.15, 0.2) is 11.7 Å². The van der Waals surface area contributed by atoms with Crippen LogP contribution in [0.1, 0.15) is 60.1 Å². The molecular formula is C46H42N4. The zero-order valence-corrected chi connectivity index (χ0v) is 29.1. The molecule has 0 spiro atoms. The molecule has 0 saturated heterocycles. The first kappa shape index (κ1) is 32.8. The van der Waals surface area contributed by atoms with Gasteiger partial charge in [-0.05, 0) is 72.4 Å². The fraction of sp³-hybridized carbons (Fsp3) is 0.174. The van der Waals surface area contributed by atoms with Crippen molar-refractivity contribution in [1.29, 1.82) is 0 Å². The minimum Gasteiger partial charge on any atom is -0.276 e. The number of aliphatic imine (C=N–C) groups is 4. The van der Waals surface area contributed by atoms with Crippen LogP contribution in [0.3, 0.4) is 0 Å². The number of hydrogen-bond donors (Lipinski definition) is 0. The van der Waals surface area contributed by atoms with Crippen LogP contribution >= 0.6 is 0 Å². The first-order valence-electron chi connectivity index (χ1n) is 17.4. The van der Waals surface area contributed by atoms with E-state index in [-0.39, 0.29) is 11.5 Å². The van der Waals surface area contributed by atoms with E-state index in [0.29, 0.717) is 18.2 Å². The Morgan fingerprint density at radius 2 is 1.48 bits per heavy atom. The second kappa shape index (κ2) is 14.4. The van der Waals surface area contributed by atoms with Crippen LogP contribution in [0.4, 0.5) is 0 Å². The van der Waals surface area contributed by atoms with E-state index in [9.17, 15) is 0 Å².